The van der Waals surface area contributed by atoms with Gasteiger partial charge in [0.25, 0.3) is 5.91 Å². The Balaban J connectivity index is 3.23. The molecule has 0 saturated carbocycles. The van der Waals surface area contributed by atoms with E-state index in [-0.39, 0.29) is 17.1 Å². The molecule has 1 amide bonds. The molecule has 5 nitrogen and oxygen atoms in total. The van der Waals surface area contributed by atoms with Gasteiger partial charge in [-0.1, -0.05) is 0 Å². The van der Waals surface area contributed by atoms with Crippen molar-refractivity contribution in [1.82, 2.24) is 4.98 Å². The lowest BCUT2D eigenvalue weighted by Gasteiger charge is -2.00. The van der Waals surface area contributed by atoms with Gasteiger partial charge in [0.05, 0.1) is 17.4 Å². The highest BCUT2D eigenvalue weighted by molar-refractivity contribution is 5.98. The van der Waals surface area contributed by atoms with Gasteiger partial charge in [0.1, 0.15) is 5.82 Å². The number of nitrogen functional groups attached to an aromatic ring is 2. The second kappa shape index (κ2) is 2.45. The first-order valence-electron chi connectivity index (χ1n) is 2.92. The minimum absolute atomic E-state index is 0.206. The summed E-state index contributed by atoms with van der Waals surface area (Å²) in [5.41, 5.74) is 16.1. The molecule has 5 heteroatoms. The van der Waals surface area contributed by atoms with Crippen LogP contribution in [0.5, 0.6) is 0 Å². The fraction of sp³-hybridized carbons (Fsp3) is 0. The Morgan fingerprint density at radius 3 is 2.55 bits per heavy atom. The molecule has 1 rings (SSSR count). The number of anilines is 2. The molecular formula is C6H8N4O. The predicted octanol–water partition coefficient (Wildman–Crippen LogP) is -0.655. The third-order valence-electron chi connectivity index (χ3n) is 1.22. The van der Waals surface area contributed by atoms with Crippen LogP contribution < -0.4 is 17.2 Å². The van der Waals surface area contributed by atoms with E-state index in [1.165, 1.54) is 12.3 Å². The van der Waals surface area contributed by atoms with E-state index in [9.17, 15) is 4.79 Å². The summed E-state index contributed by atoms with van der Waals surface area (Å²) in [5, 5.41) is 0. The largest absolute Gasteiger partial charge is 0.397 e. The Morgan fingerprint density at radius 2 is 2.09 bits per heavy atom. The Morgan fingerprint density at radius 1 is 1.45 bits per heavy atom. The van der Waals surface area contributed by atoms with Crippen molar-refractivity contribution in [2.75, 3.05) is 11.5 Å². The highest BCUT2D eigenvalue weighted by Gasteiger charge is 2.05. The summed E-state index contributed by atoms with van der Waals surface area (Å²) in [6, 6.07) is 1.34. The molecule has 0 unspecified atom stereocenters. The number of nitrogens with two attached hydrogens (primary N) is 3. The van der Waals surface area contributed by atoms with E-state index in [2.05, 4.69) is 4.98 Å². The Kier molecular flexibility index (Phi) is 1.63. The minimum atomic E-state index is -0.600. The van der Waals surface area contributed by atoms with Crippen LogP contribution in [-0.2, 0) is 0 Å². The monoisotopic (exact) mass is 152 g/mol. The van der Waals surface area contributed by atoms with E-state index < -0.39 is 5.91 Å². The van der Waals surface area contributed by atoms with Crippen LogP contribution in [0.2, 0.25) is 0 Å². The van der Waals surface area contributed by atoms with E-state index in [1.54, 1.807) is 0 Å². The maximum absolute atomic E-state index is 10.6. The number of amides is 1. The van der Waals surface area contributed by atoms with Crippen molar-refractivity contribution >= 4 is 17.4 Å². The van der Waals surface area contributed by atoms with E-state index in [0.29, 0.717) is 0 Å². The number of aromatic nitrogens is 1. The second-order valence-corrected chi connectivity index (χ2v) is 2.06. The molecule has 1 aromatic heterocycles. The summed E-state index contributed by atoms with van der Waals surface area (Å²) in [6.45, 7) is 0. The first kappa shape index (κ1) is 7.33. The van der Waals surface area contributed by atoms with Crippen molar-refractivity contribution < 1.29 is 4.79 Å². The first-order valence-corrected chi connectivity index (χ1v) is 2.92. The zero-order valence-electron chi connectivity index (χ0n) is 5.74. The van der Waals surface area contributed by atoms with Gasteiger partial charge < -0.3 is 17.2 Å². The average molecular weight is 152 g/mol. The highest BCUT2D eigenvalue weighted by atomic mass is 16.1. The quantitative estimate of drug-likeness (QED) is 0.496. The lowest BCUT2D eigenvalue weighted by atomic mass is 10.2. The number of hydrogen-bond donors (Lipinski definition) is 3. The zero-order valence-corrected chi connectivity index (χ0v) is 5.74. The molecule has 1 aromatic rings. The van der Waals surface area contributed by atoms with Crippen LogP contribution in [0.15, 0.2) is 12.3 Å². The number of carbonyl (C=O) groups is 1. The number of nitrogens with zero attached hydrogens (tertiary/aromatic N) is 1. The lowest BCUT2D eigenvalue weighted by molar-refractivity contribution is 0.100. The van der Waals surface area contributed by atoms with Gasteiger partial charge in [0.2, 0.25) is 0 Å². The third kappa shape index (κ3) is 1.37. The molecule has 0 fully saturated rings. The maximum atomic E-state index is 10.6. The number of primary amides is 1. The van der Waals surface area contributed by atoms with Crippen LogP contribution in [0.4, 0.5) is 11.5 Å². The van der Waals surface area contributed by atoms with Crippen LogP contribution in [0, 0.1) is 0 Å². The van der Waals surface area contributed by atoms with Crippen molar-refractivity contribution in [3.8, 4) is 0 Å². The summed E-state index contributed by atoms with van der Waals surface area (Å²) in [6.07, 6.45) is 1.30. The molecule has 6 N–H and O–H groups in total. The Hall–Kier alpha value is -1.78. The molecule has 0 aliphatic rings. The Labute approximate surface area is 63.2 Å². The maximum Gasteiger partial charge on any atom is 0.250 e. The molecule has 0 bridgehead atoms. The highest BCUT2D eigenvalue weighted by Crippen LogP contribution is 2.10. The number of pyridine rings is 1. The fourth-order valence-corrected chi connectivity index (χ4v) is 0.695. The topological polar surface area (TPSA) is 108 Å². The standard InChI is InChI=1S/C6H8N4O/c7-4-2-10-5(8)1-3(4)6(9)11/h1-2H,7H2,(H2,8,10)(H2,9,11). The zero-order chi connectivity index (χ0) is 8.43. The Bertz CT molecular complexity index is 297. The molecule has 1 heterocycles. The van der Waals surface area contributed by atoms with Crippen molar-refractivity contribution in [2.45, 2.75) is 0 Å². The van der Waals surface area contributed by atoms with Gasteiger partial charge in [-0.2, -0.15) is 0 Å². The fourth-order valence-electron chi connectivity index (χ4n) is 0.695. The normalized spacial score (nSPS) is 9.45. The van der Waals surface area contributed by atoms with Crippen molar-refractivity contribution in [1.29, 1.82) is 0 Å². The summed E-state index contributed by atoms with van der Waals surface area (Å²) in [4.78, 5) is 14.3. The van der Waals surface area contributed by atoms with Crippen molar-refractivity contribution in [3.05, 3.63) is 17.8 Å². The third-order valence-corrected chi connectivity index (χ3v) is 1.22. The smallest absolute Gasteiger partial charge is 0.250 e. The molecule has 58 valence electrons. The summed E-state index contributed by atoms with van der Waals surface area (Å²) >= 11 is 0. The second-order valence-electron chi connectivity index (χ2n) is 2.06. The van der Waals surface area contributed by atoms with Crippen LogP contribution in [0.3, 0.4) is 0 Å². The number of hydrogen-bond acceptors (Lipinski definition) is 4. The van der Waals surface area contributed by atoms with Gasteiger partial charge >= 0.3 is 0 Å². The molecular weight excluding hydrogens is 144 g/mol. The van der Waals surface area contributed by atoms with Crippen molar-refractivity contribution in [2.24, 2.45) is 5.73 Å². The van der Waals surface area contributed by atoms with Gasteiger partial charge in [-0.25, -0.2) is 4.98 Å². The van der Waals surface area contributed by atoms with Crippen LogP contribution in [0.1, 0.15) is 10.4 Å². The van der Waals surface area contributed by atoms with Crippen LogP contribution in [-0.4, -0.2) is 10.9 Å². The van der Waals surface area contributed by atoms with Crippen LogP contribution >= 0.6 is 0 Å². The minimum Gasteiger partial charge on any atom is -0.397 e. The lowest BCUT2D eigenvalue weighted by Crippen LogP contribution is -2.14. The molecule has 0 radical (unpaired) electrons. The predicted molar refractivity (Wildman–Crippen MR) is 41.6 cm³/mol. The summed E-state index contributed by atoms with van der Waals surface area (Å²) < 4.78 is 0. The van der Waals surface area contributed by atoms with Gasteiger partial charge in [0, 0.05) is 0 Å². The van der Waals surface area contributed by atoms with E-state index in [0.717, 1.165) is 0 Å². The number of rotatable bonds is 1. The molecule has 0 aliphatic carbocycles. The van der Waals surface area contributed by atoms with Crippen molar-refractivity contribution in [3.63, 3.8) is 0 Å². The van der Waals surface area contributed by atoms with E-state index in [4.69, 9.17) is 17.2 Å². The van der Waals surface area contributed by atoms with Gasteiger partial charge in [-0.15, -0.1) is 0 Å². The van der Waals surface area contributed by atoms with Gasteiger partial charge in [-0.3, -0.25) is 4.79 Å². The van der Waals surface area contributed by atoms with E-state index >= 15 is 0 Å². The molecule has 0 aliphatic heterocycles. The van der Waals surface area contributed by atoms with Crippen LogP contribution in [0.25, 0.3) is 0 Å². The van der Waals surface area contributed by atoms with Gasteiger partial charge in [-0.05, 0) is 6.07 Å². The molecule has 0 aromatic carbocycles. The SMILES string of the molecule is NC(=O)c1cc(N)ncc1N. The van der Waals surface area contributed by atoms with E-state index in [1.807, 2.05) is 0 Å². The molecule has 0 atom stereocenters. The first-order chi connectivity index (χ1) is 5.11. The molecule has 11 heavy (non-hydrogen) atoms. The summed E-state index contributed by atoms with van der Waals surface area (Å²) in [5.74, 6) is -0.371. The summed E-state index contributed by atoms with van der Waals surface area (Å²) in [7, 11) is 0. The molecule has 0 saturated heterocycles. The number of carbonyl (C=O) groups excluding carboxylic acids is 1. The van der Waals surface area contributed by atoms with Gasteiger partial charge in [0.15, 0.2) is 0 Å². The molecule has 0 spiro atoms. The average Bonchev–Trinajstić information content (AvgIpc) is 1.94.